The summed E-state index contributed by atoms with van der Waals surface area (Å²) in [7, 11) is 0. The number of rotatable bonds is 1. The maximum atomic E-state index is 11.3. The normalized spacial score (nSPS) is 9.75. The van der Waals surface area contributed by atoms with E-state index >= 15 is 0 Å². The molecular formula is C3HCl3F2. The fourth-order valence-corrected chi connectivity index (χ4v) is 0.247. The molecule has 0 spiro atoms. The molecule has 0 nitrogen and oxygen atoms in total. The molecule has 0 rings (SSSR count). The molecule has 0 saturated carbocycles. The van der Waals surface area contributed by atoms with E-state index in [9.17, 15) is 8.78 Å². The number of hydrogen-bond acceptors (Lipinski definition) is 0. The highest BCUT2D eigenvalue weighted by atomic mass is 35.5. The van der Waals surface area contributed by atoms with E-state index in [2.05, 4.69) is 0 Å². The molecule has 0 fully saturated rings. The molecule has 0 aromatic rings. The Bertz CT molecular complexity index is 105. The second kappa shape index (κ2) is 3.49. The lowest BCUT2D eigenvalue weighted by Gasteiger charge is -1.92. The smallest absolute Gasteiger partial charge is 0.204 e. The summed E-state index contributed by atoms with van der Waals surface area (Å²) < 4.78 is 22.1. The van der Waals surface area contributed by atoms with E-state index in [-0.39, 0.29) is 0 Å². The molecule has 0 saturated heterocycles. The largest absolute Gasteiger partial charge is 0.276 e. The predicted octanol–water partition coefficient (Wildman–Crippen LogP) is 3.14. The highest BCUT2D eigenvalue weighted by Gasteiger charge is 2.10. The van der Waals surface area contributed by atoms with Crippen molar-refractivity contribution in [2.75, 3.05) is 0 Å². The van der Waals surface area contributed by atoms with Crippen LogP contribution >= 0.6 is 34.8 Å². The zero-order chi connectivity index (χ0) is 6.73. The van der Waals surface area contributed by atoms with Gasteiger partial charge in [-0.15, -0.1) is 0 Å². The van der Waals surface area contributed by atoms with E-state index in [1.165, 1.54) is 0 Å². The highest BCUT2D eigenvalue weighted by molar-refractivity contribution is 6.59. The van der Waals surface area contributed by atoms with Gasteiger partial charge in [0.05, 0.1) is 0 Å². The number of hydrogen-bond donors (Lipinski definition) is 0. The molecule has 0 N–H and O–H groups in total. The highest BCUT2D eigenvalue weighted by Crippen LogP contribution is 2.23. The summed E-state index contributed by atoms with van der Waals surface area (Å²) in [4.78, 5) is 0. The van der Waals surface area contributed by atoms with Crippen molar-refractivity contribution >= 4 is 34.8 Å². The molecular weight excluding hydrogens is 180 g/mol. The Morgan fingerprint density at radius 3 is 1.50 bits per heavy atom. The quantitative estimate of drug-likeness (QED) is 0.583. The van der Waals surface area contributed by atoms with Crippen LogP contribution in [0.25, 0.3) is 0 Å². The summed E-state index contributed by atoms with van der Waals surface area (Å²) in [5.74, 6) is 0. The minimum Gasteiger partial charge on any atom is -0.204 e. The lowest BCUT2D eigenvalue weighted by molar-refractivity contribution is 0.199. The van der Waals surface area contributed by atoms with Crippen molar-refractivity contribution in [1.82, 2.24) is 0 Å². The molecule has 5 heteroatoms. The van der Waals surface area contributed by atoms with Crippen LogP contribution in [0, 0.1) is 0 Å². The van der Waals surface area contributed by atoms with E-state index in [0.29, 0.717) is 0 Å². The summed E-state index contributed by atoms with van der Waals surface area (Å²) in [5, 5.41) is -0.812. The standard InChI is InChI=1S/C3HCl3F2/c4-1(2(5)6)3(7)8/h3H. The maximum absolute atomic E-state index is 11.3. The molecule has 0 atom stereocenters. The van der Waals surface area contributed by atoms with Crippen LogP contribution in [0.4, 0.5) is 8.78 Å². The van der Waals surface area contributed by atoms with Gasteiger partial charge in [0, 0.05) is 0 Å². The molecule has 0 aliphatic carbocycles. The molecule has 0 aliphatic heterocycles. The third kappa shape index (κ3) is 2.70. The van der Waals surface area contributed by atoms with Gasteiger partial charge in [-0.3, -0.25) is 0 Å². The van der Waals surface area contributed by atoms with Gasteiger partial charge < -0.3 is 0 Å². The average molecular weight is 181 g/mol. The summed E-state index contributed by atoms with van der Waals surface area (Å²) in [5.41, 5.74) is 0. The number of allylic oxidation sites excluding steroid dienone is 1. The Labute approximate surface area is 60.0 Å². The Morgan fingerprint density at radius 2 is 1.50 bits per heavy atom. The van der Waals surface area contributed by atoms with E-state index in [1.807, 2.05) is 0 Å². The van der Waals surface area contributed by atoms with Crippen LogP contribution < -0.4 is 0 Å². The first kappa shape index (κ1) is 8.47. The van der Waals surface area contributed by atoms with Gasteiger partial charge in [-0.1, -0.05) is 34.8 Å². The fourth-order valence-electron chi connectivity index (χ4n) is 0.0825. The first-order valence-electron chi connectivity index (χ1n) is 1.54. The summed E-state index contributed by atoms with van der Waals surface area (Å²) in [6, 6.07) is 0. The summed E-state index contributed by atoms with van der Waals surface area (Å²) in [6.07, 6.45) is -2.78. The van der Waals surface area contributed by atoms with Crippen LogP contribution in [0.3, 0.4) is 0 Å². The molecule has 8 heavy (non-hydrogen) atoms. The van der Waals surface area contributed by atoms with E-state index in [4.69, 9.17) is 34.8 Å². The Morgan fingerprint density at radius 1 is 1.12 bits per heavy atom. The topological polar surface area (TPSA) is 0 Å². The summed E-state index contributed by atoms with van der Waals surface area (Å²) >= 11 is 14.5. The molecule has 0 aromatic carbocycles. The van der Waals surface area contributed by atoms with Crippen LogP contribution in [-0.2, 0) is 0 Å². The lowest BCUT2D eigenvalue weighted by Crippen LogP contribution is -1.88. The fraction of sp³-hybridized carbons (Fsp3) is 0.333. The van der Waals surface area contributed by atoms with Crippen LogP contribution in [-0.4, -0.2) is 6.43 Å². The maximum Gasteiger partial charge on any atom is 0.276 e. The first-order valence-corrected chi connectivity index (χ1v) is 2.68. The monoisotopic (exact) mass is 180 g/mol. The third-order valence-corrected chi connectivity index (χ3v) is 1.33. The predicted molar refractivity (Wildman–Crippen MR) is 30.6 cm³/mol. The zero-order valence-electron chi connectivity index (χ0n) is 3.47. The Kier molecular flexibility index (Phi) is 3.69. The molecule has 0 unspecified atom stereocenters. The van der Waals surface area contributed by atoms with Gasteiger partial charge in [-0.2, -0.15) is 0 Å². The Hall–Kier alpha value is 0.470. The van der Waals surface area contributed by atoms with Crippen molar-refractivity contribution in [3.05, 3.63) is 9.52 Å². The van der Waals surface area contributed by atoms with Crippen molar-refractivity contribution in [2.24, 2.45) is 0 Å². The van der Waals surface area contributed by atoms with Gasteiger partial charge in [0.15, 0.2) is 0 Å². The molecule has 0 bridgehead atoms. The minimum atomic E-state index is -2.78. The van der Waals surface area contributed by atoms with Gasteiger partial charge in [-0.25, -0.2) is 8.78 Å². The minimum absolute atomic E-state index is 0.582. The number of halogens is 5. The second-order valence-corrected chi connectivity index (χ2v) is 2.27. The Balaban J connectivity index is 4.00. The van der Waals surface area contributed by atoms with E-state index < -0.39 is 15.9 Å². The van der Waals surface area contributed by atoms with Crippen LogP contribution in [0.1, 0.15) is 0 Å². The van der Waals surface area contributed by atoms with Gasteiger partial charge in [0.25, 0.3) is 6.43 Å². The molecule has 0 amide bonds. The first-order chi connectivity index (χ1) is 3.55. The van der Waals surface area contributed by atoms with Crippen molar-refractivity contribution in [3.8, 4) is 0 Å². The van der Waals surface area contributed by atoms with Crippen molar-refractivity contribution < 1.29 is 8.78 Å². The number of alkyl halides is 2. The SMILES string of the molecule is FC(F)C(Cl)=C(Cl)Cl. The van der Waals surface area contributed by atoms with Gasteiger partial charge in [0.2, 0.25) is 0 Å². The van der Waals surface area contributed by atoms with Crippen LogP contribution in [0.15, 0.2) is 9.52 Å². The molecule has 0 aromatic heterocycles. The average Bonchev–Trinajstić information content (AvgIpc) is 1.64. The van der Waals surface area contributed by atoms with Crippen molar-refractivity contribution in [1.29, 1.82) is 0 Å². The van der Waals surface area contributed by atoms with Gasteiger partial charge >= 0.3 is 0 Å². The second-order valence-electron chi connectivity index (χ2n) is 0.909. The van der Waals surface area contributed by atoms with Crippen molar-refractivity contribution in [2.45, 2.75) is 6.43 Å². The van der Waals surface area contributed by atoms with Crippen LogP contribution in [0.2, 0.25) is 0 Å². The van der Waals surface area contributed by atoms with Gasteiger partial charge in [0.1, 0.15) is 9.52 Å². The molecule has 0 radical (unpaired) electrons. The summed E-state index contributed by atoms with van der Waals surface area (Å²) in [6.45, 7) is 0. The van der Waals surface area contributed by atoms with Gasteiger partial charge in [-0.05, 0) is 0 Å². The lowest BCUT2D eigenvalue weighted by atomic mass is 10.7. The van der Waals surface area contributed by atoms with Crippen LogP contribution in [0.5, 0.6) is 0 Å². The third-order valence-electron chi connectivity index (χ3n) is 0.372. The van der Waals surface area contributed by atoms with Crippen molar-refractivity contribution in [3.63, 3.8) is 0 Å². The molecule has 0 aliphatic rings. The molecule has 0 heterocycles. The zero-order valence-corrected chi connectivity index (χ0v) is 5.73. The van der Waals surface area contributed by atoms with E-state index in [1.54, 1.807) is 0 Å². The molecule has 48 valence electrons. The van der Waals surface area contributed by atoms with E-state index in [0.717, 1.165) is 0 Å².